The number of β-amino-alcohol motifs (C(OH)–C–C–N with tert-alkyl or cyclic N) is 1. The number of anilines is 1. The molecule has 2 unspecified atom stereocenters. The van der Waals surface area contributed by atoms with Gasteiger partial charge in [0.15, 0.2) is 0 Å². The number of ether oxygens (including phenoxy) is 2. The number of carbonyl (C=O) groups is 3. The van der Waals surface area contributed by atoms with Gasteiger partial charge in [0.25, 0.3) is 5.91 Å². The summed E-state index contributed by atoms with van der Waals surface area (Å²) in [6, 6.07) is 4.92. The average molecular weight is 497 g/mol. The van der Waals surface area contributed by atoms with Gasteiger partial charge in [0.05, 0.1) is 31.2 Å². The number of allylic oxidation sites excluding steroid dienone is 1. The molecule has 1 spiro atoms. The predicted octanol–water partition coefficient (Wildman–Crippen LogP) is 2.70. The normalized spacial score (nSPS) is 28.2. The number of hydrogen-bond donors (Lipinski definition) is 1. The van der Waals surface area contributed by atoms with E-state index < -0.39 is 35.6 Å². The van der Waals surface area contributed by atoms with Crippen molar-refractivity contribution >= 4 is 23.5 Å². The molecule has 0 aromatic heterocycles. The van der Waals surface area contributed by atoms with Crippen molar-refractivity contribution in [3.8, 4) is 0 Å². The van der Waals surface area contributed by atoms with Crippen molar-refractivity contribution < 1.29 is 29.0 Å². The summed E-state index contributed by atoms with van der Waals surface area (Å²) in [5, 5.41) is 9.78. The van der Waals surface area contributed by atoms with Gasteiger partial charge in [0.1, 0.15) is 11.6 Å². The van der Waals surface area contributed by atoms with Crippen molar-refractivity contribution in [2.75, 3.05) is 31.2 Å². The van der Waals surface area contributed by atoms with Gasteiger partial charge in [-0.3, -0.25) is 14.4 Å². The summed E-state index contributed by atoms with van der Waals surface area (Å²) in [6.07, 6.45) is 5.38. The van der Waals surface area contributed by atoms with Crippen LogP contribution in [0.1, 0.15) is 36.8 Å². The number of aryl methyl sites for hydroxylation is 2. The molecular weight excluding hydrogens is 460 g/mol. The van der Waals surface area contributed by atoms with Gasteiger partial charge < -0.3 is 24.4 Å². The van der Waals surface area contributed by atoms with E-state index in [1.54, 1.807) is 17.1 Å². The quantitative estimate of drug-likeness (QED) is 0.288. The van der Waals surface area contributed by atoms with Crippen molar-refractivity contribution in [3.63, 3.8) is 0 Å². The van der Waals surface area contributed by atoms with Crippen LogP contribution in [0.5, 0.6) is 0 Å². The van der Waals surface area contributed by atoms with Gasteiger partial charge in [-0.05, 0) is 56.7 Å². The first kappa shape index (κ1) is 26.1. The fourth-order valence-corrected chi connectivity index (χ4v) is 6.14. The van der Waals surface area contributed by atoms with Gasteiger partial charge in [0.2, 0.25) is 5.91 Å². The second kappa shape index (κ2) is 10.6. The number of rotatable bonds is 11. The van der Waals surface area contributed by atoms with E-state index in [1.165, 1.54) is 4.90 Å². The van der Waals surface area contributed by atoms with Crippen LogP contribution in [0.2, 0.25) is 0 Å². The molecule has 0 aliphatic carbocycles. The molecule has 0 saturated carbocycles. The number of fused-ring (bicyclic) bond motifs is 1. The molecule has 3 aliphatic rings. The molecular formula is C28H36N2O6. The highest BCUT2D eigenvalue weighted by Crippen LogP contribution is 2.58. The standard InChI is InChI=1S/C28H36N2O6/c1-5-7-8-16-35-27(34)22-21-11-12-28(36-21)23(22)25(32)30(14-15-31)24(28)26(33)29(13-6-2)20-17-18(3)9-10-19(20)4/h5-6,9-10,17,21-24,31H,1-2,7-8,11-16H2,3-4H3/t21-,22+,23-,24?,28?/m0/s1. The molecule has 8 nitrogen and oxygen atoms in total. The minimum Gasteiger partial charge on any atom is -0.465 e. The first-order valence-corrected chi connectivity index (χ1v) is 12.7. The van der Waals surface area contributed by atoms with Crippen LogP contribution in [0.3, 0.4) is 0 Å². The topological polar surface area (TPSA) is 96.4 Å². The highest BCUT2D eigenvalue weighted by Gasteiger charge is 2.75. The number of amides is 2. The van der Waals surface area contributed by atoms with E-state index in [1.807, 2.05) is 32.0 Å². The van der Waals surface area contributed by atoms with E-state index >= 15 is 0 Å². The Labute approximate surface area is 212 Å². The molecule has 2 bridgehead atoms. The van der Waals surface area contributed by atoms with Crippen LogP contribution in [0, 0.1) is 25.7 Å². The zero-order valence-corrected chi connectivity index (χ0v) is 21.2. The summed E-state index contributed by atoms with van der Waals surface area (Å²) in [5.74, 6) is -2.67. The van der Waals surface area contributed by atoms with Crippen LogP contribution in [-0.2, 0) is 23.9 Å². The Balaban J connectivity index is 1.70. The Hall–Kier alpha value is -2.97. The van der Waals surface area contributed by atoms with Gasteiger partial charge >= 0.3 is 5.97 Å². The smallest absolute Gasteiger partial charge is 0.312 e. The van der Waals surface area contributed by atoms with Crippen molar-refractivity contribution in [3.05, 3.63) is 54.6 Å². The molecule has 194 valence electrons. The SMILES string of the molecule is C=CCCCOC(=O)[C@@H]1[C@@H]2CCC3(O2)C(C(=O)N(CC=C)c2cc(C)ccc2C)N(CCO)C(=O)[C@H]13. The molecule has 1 aromatic rings. The number of hydrogen-bond acceptors (Lipinski definition) is 6. The lowest BCUT2D eigenvalue weighted by atomic mass is 9.70. The molecule has 0 radical (unpaired) electrons. The molecule has 3 saturated heterocycles. The van der Waals surface area contributed by atoms with Crippen LogP contribution in [-0.4, -0.2) is 71.8 Å². The summed E-state index contributed by atoms with van der Waals surface area (Å²) < 4.78 is 11.9. The molecule has 36 heavy (non-hydrogen) atoms. The van der Waals surface area contributed by atoms with E-state index in [9.17, 15) is 19.5 Å². The van der Waals surface area contributed by atoms with Gasteiger partial charge in [-0.2, -0.15) is 0 Å². The molecule has 3 heterocycles. The molecule has 5 atom stereocenters. The van der Waals surface area contributed by atoms with Crippen LogP contribution >= 0.6 is 0 Å². The van der Waals surface area contributed by atoms with Gasteiger partial charge in [-0.1, -0.05) is 24.3 Å². The monoisotopic (exact) mass is 496 g/mol. The fraction of sp³-hybridized carbons (Fsp3) is 0.536. The number of carbonyl (C=O) groups excluding carboxylic acids is 3. The summed E-state index contributed by atoms with van der Waals surface area (Å²) in [6.45, 7) is 11.6. The largest absolute Gasteiger partial charge is 0.465 e. The summed E-state index contributed by atoms with van der Waals surface area (Å²) >= 11 is 0. The van der Waals surface area contributed by atoms with Gasteiger partial charge in [0, 0.05) is 18.8 Å². The van der Waals surface area contributed by atoms with Crippen molar-refractivity contribution in [1.82, 2.24) is 4.90 Å². The average Bonchev–Trinajstić information content (AvgIpc) is 3.49. The Bertz CT molecular complexity index is 1050. The number of unbranched alkanes of at least 4 members (excludes halogenated alkanes) is 1. The summed E-state index contributed by atoms with van der Waals surface area (Å²) in [4.78, 5) is 44.2. The van der Waals surface area contributed by atoms with Gasteiger partial charge in [-0.15, -0.1) is 13.2 Å². The lowest BCUT2D eigenvalue weighted by Crippen LogP contribution is -2.57. The van der Waals surface area contributed by atoms with Crippen LogP contribution < -0.4 is 4.90 Å². The lowest BCUT2D eigenvalue weighted by molar-refractivity contribution is -0.155. The van der Waals surface area contributed by atoms with Crippen molar-refractivity contribution in [2.45, 2.75) is 57.3 Å². The van der Waals surface area contributed by atoms with Crippen LogP contribution in [0.4, 0.5) is 5.69 Å². The summed E-state index contributed by atoms with van der Waals surface area (Å²) in [5.41, 5.74) is 1.53. The minimum absolute atomic E-state index is 0.0165. The fourth-order valence-electron chi connectivity index (χ4n) is 6.14. The molecule has 3 aliphatic heterocycles. The number of esters is 1. The Morgan fingerprint density at radius 3 is 2.78 bits per heavy atom. The first-order chi connectivity index (χ1) is 17.3. The number of aliphatic hydroxyl groups excluding tert-OH is 1. The van der Waals surface area contributed by atoms with Gasteiger partial charge in [-0.25, -0.2) is 0 Å². The molecule has 8 heteroatoms. The van der Waals surface area contributed by atoms with E-state index in [2.05, 4.69) is 13.2 Å². The first-order valence-electron chi connectivity index (χ1n) is 12.7. The van der Waals surface area contributed by atoms with E-state index in [-0.39, 0.29) is 38.1 Å². The number of aliphatic hydroxyl groups is 1. The molecule has 3 fully saturated rings. The van der Waals surface area contributed by atoms with E-state index in [0.717, 1.165) is 23.2 Å². The van der Waals surface area contributed by atoms with Crippen molar-refractivity contribution in [1.29, 1.82) is 0 Å². The third-order valence-corrected chi connectivity index (χ3v) is 7.68. The van der Waals surface area contributed by atoms with Crippen molar-refractivity contribution in [2.24, 2.45) is 11.8 Å². The molecule has 4 rings (SSSR count). The number of nitrogens with zero attached hydrogens (tertiary/aromatic N) is 2. The molecule has 1 aromatic carbocycles. The highest BCUT2D eigenvalue weighted by atomic mass is 16.6. The Morgan fingerprint density at radius 1 is 1.31 bits per heavy atom. The third kappa shape index (κ3) is 4.26. The van der Waals surface area contributed by atoms with Crippen LogP contribution in [0.15, 0.2) is 43.5 Å². The molecule has 2 amide bonds. The summed E-state index contributed by atoms with van der Waals surface area (Å²) in [7, 11) is 0. The van der Waals surface area contributed by atoms with Crippen LogP contribution in [0.25, 0.3) is 0 Å². The zero-order valence-electron chi connectivity index (χ0n) is 21.2. The Kier molecular flexibility index (Phi) is 7.66. The zero-order chi connectivity index (χ0) is 26.0. The predicted molar refractivity (Wildman–Crippen MR) is 135 cm³/mol. The second-order valence-electron chi connectivity index (χ2n) is 9.94. The molecule has 1 N–H and O–H groups in total. The number of benzene rings is 1. The highest BCUT2D eigenvalue weighted by molar-refractivity contribution is 6.05. The van der Waals surface area contributed by atoms with E-state index in [0.29, 0.717) is 19.3 Å². The van der Waals surface area contributed by atoms with E-state index in [4.69, 9.17) is 9.47 Å². The maximum Gasteiger partial charge on any atom is 0.312 e. The minimum atomic E-state index is -1.13. The lowest BCUT2D eigenvalue weighted by Gasteiger charge is -2.37. The maximum absolute atomic E-state index is 14.3. The third-order valence-electron chi connectivity index (χ3n) is 7.68. The Morgan fingerprint density at radius 2 is 2.08 bits per heavy atom. The maximum atomic E-state index is 14.3. The number of likely N-dealkylation sites (tertiary alicyclic amines) is 1. The second-order valence-corrected chi connectivity index (χ2v) is 9.94.